The zero-order chi connectivity index (χ0) is 24.9. The summed E-state index contributed by atoms with van der Waals surface area (Å²) >= 11 is 0. The first kappa shape index (κ1) is 24.7. The Morgan fingerprint density at radius 1 is 1.09 bits per heavy atom. The van der Waals surface area contributed by atoms with Crippen molar-refractivity contribution in [2.24, 2.45) is 0 Å². The average Bonchev–Trinajstić information content (AvgIpc) is 3.43. The molecule has 2 amide bonds. The Hall–Kier alpha value is -3.39. The van der Waals surface area contributed by atoms with Crippen LogP contribution in [0.5, 0.6) is 0 Å². The number of nitrogens with zero attached hydrogens (tertiary/aromatic N) is 3. The molecule has 1 heterocycles. The first-order chi connectivity index (χ1) is 16.9. The van der Waals surface area contributed by atoms with Crippen molar-refractivity contribution in [3.63, 3.8) is 0 Å². The second kappa shape index (κ2) is 10.9. The number of anilines is 1. The number of fused-ring (bicyclic) bond motifs is 2. The molecule has 3 aromatic rings. The number of nitrogens with one attached hydrogen (secondary N) is 2. The first-order valence-electron chi connectivity index (χ1n) is 12.3. The molecule has 0 fully saturated rings. The number of aromatic nitrogens is 1. The van der Waals surface area contributed by atoms with Gasteiger partial charge in [-0.15, -0.1) is 0 Å². The van der Waals surface area contributed by atoms with Gasteiger partial charge in [0.1, 0.15) is 0 Å². The lowest BCUT2D eigenvalue weighted by Gasteiger charge is -2.30. The van der Waals surface area contributed by atoms with Crippen molar-refractivity contribution in [2.75, 3.05) is 44.7 Å². The minimum atomic E-state index is -0.117. The van der Waals surface area contributed by atoms with Crippen molar-refractivity contribution in [3.8, 4) is 0 Å². The minimum absolute atomic E-state index is 0.00945. The van der Waals surface area contributed by atoms with Crippen LogP contribution in [0, 0.1) is 13.8 Å². The summed E-state index contributed by atoms with van der Waals surface area (Å²) in [5.41, 5.74) is 5.85. The molecule has 186 valence electrons. The van der Waals surface area contributed by atoms with Crippen LogP contribution in [0.1, 0.15) is 29.3 Å². The molecule has 1 aliphatic carbocycles. The van der Waals surface area contributed by atoms with Crippen molar-refractivity contribution < 1.29 is 14.1 Å². The Bertz CT molecular complexity index is 1180. The fourth-order valence-electron chi connectivity index (χ4n) is 4.75. The van der Waals surface area contributed by atoms with E-state index in [1.54, 1.807) is 0 Å². The molecule has 8 heteroatoms. The third kappa shape index (κ3) is 5.65. The van der Waals surface area contributed by atoms with Gasteiger partial charge in [0.25, 0.3) is 0 Å². The molecule has 35 heavy (non-hydrogen) atoms. The molecular weight excluding hydrogens is 442 g/mol. The van der Waals surface area contributed by atoms with Gasteiger partial charge in [-0.25, -0.2) is 0 Å². The number of hydrogen-bond donors (Lipinski definition) is 2. The largest absolute Gasteiger partial charge is 0.356 e. The number of aryl methyl sites for hydroxylation is 2. The number of benzene rings is 2. The molecule has 0 aliphatic heterocycles. The highest BCUT2D eigenvalue weighted by atomic mass is 16.5. The summed E-state index contributed by atoms with van der Waals surface area (Å²) in [7, 11) is 1.87. The molecule has 8 nitrogen and oxygen atoms in total. The highest BCUT2D eigenvalue weighted by Crippen LogP contribution is 2.29. The maximum absolute atomic E-state index is 13.4. The van der Waals surface area contributed by atoms with Gasteiger partial charge in [0.05, 0.1) is 18.8 Å². The Labute approximate surface area is 206 Å². The molecule has 0 radical (unpaired) electrons. The van der Waals surface area contributed by atoms with Gasteiger partial charge < -0.3 is 25.0 Å². The van der Waals surface area contributed by atoms with Crippen molar-refractivity contribution in [2.45, 2.75) is 39.7 Å². The second-order valence-corrected chi connectivity index (χ2v) is 9.30. The van der Waals surface area contributed by atoms with E-state index < -0.39 is 0 Å². The van der Waals surface area contributed by atoms with Crippen LogP contribution in [-0.4, -0.2) is 67.7 Å². The summed E-state index contributed by atoms with van der Waals surface area (Å²) < 4.78 is 5.41. The van der Waals surface area contributed by atoms with E-state index in [9.17, 15) is 9.59 Å². The van der Waals surface area contributed by atoms with Crippen molar-refractivity contribution >= 4 is 28.5 Å². The summed E-state index contributed by atoms with van der Waals surface area (Å²) in [6, 6.07) is 12.4. The van der Waals surface area contributed by atoms with E-state index in [1.807, 2.05) is 61.9 Å². The van der Waals surface area contributed by atoms with E-state index in [1.165, 1.54) is 11.1 Å². The predicted octanol–water partition coefficient (Wildman–Crippen LogP) is 2.60. The fraction of sp³-hybridized carbons (Fsp3) is 0.444. The standard InChI is InChI=1S/C27H35N5O3/c1-5-28-10-11-29-26(33)16-32(24-15-23-19(3)30-35-25(23)12-18(24)2)17-27(34)31(4)22-13-20-8-6-7-9-21(20)14-22/h6-9,12,15,22,28H,5,10-11,13-14,16-17H2,1-4H3,(H,29,33). The number of likely N-dealkylation sites (N-methyl/N-ethyl adjacent to an activating group) is 2. The summed E-state index contributed by atoms with van der Waals surface area (Å²) in [6.45, 7) is 8.18. The molecule has 0 saturated carbocycles. The van der Waals surface area contributed by atoms with Gasteiger partial charge in [0.15, 0.2) is 5.58 Å². The molecule has 2 N–H and O–H groups in total. The van der Waals surface area contributed by atoms with Crippen LogP contribution < -0.4 is 15.5 Å². The van der Waals surface area contributed by atoms with Gasteiger partial charge in [-0.2, -0.15) is 0 Å². The minimum Gasteiger partial charge on any atom is -0.356 e. The lowest BCUT2D eigenvalue weighted by Crippen LogP contribution is -2.47. The summed E-state index contributed by atoms with van der Waals surface area (Å²) in [5.74, 6) is -0.127. The first-order valence-corrected chi connectivity index (χ1v) is 12.3. The molecule has 2 aromatic carbocycles. The summed E-state index contributed by atoms with van der Waals surface area (Å²) in [5, 5.41) is 11.1. The van der Waals surface area contributed by atoms with Gasteiger partial charge in [-0.3, -0.25) is 9.59 Å². The van der Waals surface area contributed by atoms with E-state index in [0.29, 0.717) is 18.7 Å². The Morgan fingerprint density at radius 2 is 1.80 bits per heavy atom. The van der Waals surface area contributed by atoms with Crippen LogP contribution in [-0.2, 0) is 22.4 Å². The van der Waals surface area contributed by atoms with Crippen LogP contribution in [0.25, 0.3) is 11.0 Å². The van der Waals surface area contributed by atoms with E-state index in [0.717, 1.165) is 41.7 Å². The zero-order valence-electron chi connectivity index (χ0n) is 21.1. The molecule has 0 bridgehead atoms. The fourth-order valence-corrected chi connectivity index (χ4v) is 4.75. The van der Waals surface area contributed by atoms with Crippen LogP contribution in [0.2, 0.25) is 0 Å². The van der Waals surface area contributed by atoms with E-state index in [2.05, 4.69) is 27.9 Å². The van der Waals surface area contributed by atoms with Crippen LogP contribution in [0.15, 0.2) is 40.9 Å². The smallest absolute Gasteiger partial charge is 0.242 e. The molecule has 0 spiro atoms. The zero-order valence-corrected chi connectivity index (χ0v) is 21.1. The van der Waals surface area contributed by atoms with E-state index in [4.69, 9.17) is 4.52 Å². The number of rotatable bonds is 10. The van der Waals surface area contributed by atoms with E-state index in [-0.39, 0.29) is 30.9 Å². The van der Waals surface area contributed by atoms with Crippen molar-refractivity contribution in [1.29, 1.82) is 0 Å². The normalized spacial score (nSPS) is 13.1. The van der Waals surface area contributed by atoms with Gasteiger partial charge in [-0.05, 0) is 62.1 Å². The Balaban J connectivity index is 1.52. The molecule has 1 aliphatic rings. The van der Waals surface area contributed by atoms with Crippen molar-refractivity contribution in [3.05, 3.63) is 58.8 Å². The highest BCUT2D eigenvalue weighted by Gasteiger charge is 2.29. The second-order valence-electron chi connectivity index (χ2n) is 9.30. The van der Waals surface area contributed by atoms with Crippen LogP contribution >= 0.6 is 0 Å². The average molecular weight is 478 g/mol. The van der Waals surface area contributed by atoms with Crippen LogP contribution in [0.4, 0.5) is 5.69 Å². The van der Waals surface area contributed by atoms with Gasteiger partial charge in [-0.1, -0.05) is 36.3 Å². The third-order valence-electron chi connectivity index (χ3n) is 6.81. The monoisotopic (exact) mass is 477 g/mol. The molecule has 4 rings (SSSR count). The van der Waals surface area contributed by atoms with Gasteiger partial charge in [0, 0.05) is 37.3 Å². The highest BCUT2D eigenvalue weighted by molar-refractivity contribution is 5.90. The molecular formula is C27H35N5O3. The third-order valence-corrected chi connectivity index (χ3v) is 6.81. The van der Waals surface area contributed by atoms with Crippen LogP contribution in [0.3, 0.4) is 0 Å². The predicted molar refractivity (Wildman–Crippen MR) is 138 cm³/mol. The lowest BCUT2D eigenvalue weighted by molar-refractivity contribution is -0.130. The number of carbonyl (C=O) groups excluding carboxylic acids is 2. The Kier molecular flexibility index (Phi) is 7.70. The molecule has 0 saturated heterocycles. The maximum Gasteiger partial charge on any atom is 0.242 e. The number of amides is 2. The number of carbonyl (C=O) groups is 2. The summed E-state index contributed by atoms with van der Waals surface area (Å²) in [4.78, 5) is 30.0. The SMILES string of the molecule is CCNCCNC(=O)CN(CC(=O)N(C)C1Cc2ccccc2C1)c1cc2c(C)noc2cc1C. The maximum atomic E-state index is 13.4. The molecule has 0 unspecified atom stereocenters. The van der Waals surface area contributed by atoms with Gasteiger partial charge in [0.2, 0.25) is 11.8 Å². The van der Waals surface area contributed by atoms with Gasteiger partial charge >= 0.3 is 0 Å². The molecule has 0 atom stereocenters. The quantitative estimate of drug-likeness (QED) is 0.436. The van der Waals surface area contributed by atoms with Crippen molar-refractivity contribution in [1.82, 2.24) is 20.7 Å². The topological polar surface area (TPSA) is 90.7 Å². The molecule has 1 aromatic heterocycles. The summed E-state index contributed by atoms with van der Waals surface area (Å²) in [6.07, 6.45) is 1.71. The van der Waals surface area contributed by atoms with E-state index >= 15 is 0 Å². The lowest BCUT2D eigenvalue weighted by atomic mass is 10.1. The number of hydrogen-bond acceptors (Lipinski definition) is 6. The Morgan fingerprint density at radius 3 is 2.49 bits per heavy atom.